The minimum absolute atomic E-state index is 0.0469. The van der Waals surface area contributed by atoms with E-state index in [2.05, 4.69) is 33.8 Å². The maximum atomic E-state index is 13.0. The van der Waals surface area contributed by atoms with Gasteiger partial charge in [-0.1, -0.05) is 62.2 Å². The molecule has 0 aliphatic heterocycles. The Balaban J connectivity index is 2.61. The maximum Gasteiger partial charge on any atom is 0.193 e. The van der Waals surface area contributed by atoms with Gasteiger partial charge in [-0.2, -0.15) is 0 Å². The number of aryl methyl sites for hydroxylation is 3. The van der Waals surface area contributed by atoms with E-state index in [0.717, 1.165) is 27.8 Å². The van der Waals surface area contributed by atoms with Crippen molar-refractivity contribution in [3.05, 3.63) is 69.8 Å². The van der Waals surface area contributed by atoms with Crippen molar-refractivity contribution in [1.29, 1.82) is 0 Å². The van der Waals surface area contributed by atoms with Crippen molar-refractivity contribution in [3.8, 4) is 0 Å². The van der Waals surface area contributed by atoms with Gasteiger partial charge in [0.1, 0.15) is 0 Å². The van der Waals surface area contributed by atoms with Crippen LogP contribution in [0.5, 0.6) is 0 Å². The van der Waals surface area contributed by atoms with Crippen LogP contribution in [0.3, 0.4) is 0 Å². The predicted molar refractivity (Wildman–Crippen MR) is 89.2 cm³/mol. The molecule has 0 atom stereocenters. The van der Waals surface area contributed by atoms with Crippen molar-refractivity contribution in [2.45, 2.75) is 47.0 Å². The Hall–Kier alpha value is -1.89. The number of benzene rings is 2. The van der Waals surface area contributed by atoms with Crippen molar-refractivity contribution < 1.29 is 4.79 Å². The molecular formula is C20H24O. The molecule has 0 spiro atoms. The van der Waals surface area contributed by atoms with Gasteiger partial charge in [-0.05, 0) is 43.4 Å². The fourth-order valence-electron chi connectivity index (χ4n) is 2.60. The normalized spacial score (nSPS) is 11.5. The molecule has 0 aliphatic carbocycles. The van der Waals surface area contributed by atoms with E-state index < -0.39 is 0 Å². The fourth-order valence-corrected chi connectivity index (χ4v) is 2.60. The monoisotopic (exact) mass is 280 g/mol. The van der Waals surface area contributed by atoms with Crippen LogP contribution >= 0.6 is 0 Å². The zero-order chi connectivity index (χ0) is 15.8. The lowest BCUT2D eigenvalue weighted by molar-refractivity contribution is 0.103. The highest BCUT2D eigenvalue weighted by Gasteiger charge is 2.23. The third-order valence-corrected chi connectivity index (χ3v) is 3.87. The van der Waals surface area contributed by atoms with E-state index in [0.29, 0.717) is 0 Å². The van der Waals surface area contributed by atoms with Crippen LogP contribution in [0.2, 0.25) is 0 Å². The molecule has 2 rings (SSSR count). The number of carbonyl (C=O) groups excluding carboxylic acids is 1. The predicted octanol–water partition coefficient (Wildman–Crippen LogP) is 5.14. The van der Waals surface area contributed by atoms with Crippen LogP contribution in [0.4, 0.5) is 0 Å². The first-order valence-corrected chi connectivity index (χ1v) is 7.43. The third-order valence-electron chi connectivity index (χ3n) is 3.87. The standard InChI is InChI=1S/C20H24O/c1-13-7-9-15(3)17(11-13)19(21)16-10-8-14(2)12-18(16)20(4,5)6/h7-12H,1-6H3. The van der Waals surface area contributed by atoms with E-state index in [-0.39, 0.29) is 11.2 Å². The van der Waals surface area contributed by atoms with E-state index >= 15 is 0 Å². The number of carbonyl (C=O) groups is 1. The van der Waals surface area contributed by atoms with Gasteiger partial charge in [-0.3, -0.25) is 4.79 Å². The SMILES string of the molecule is Cc1ccc(C)c(C(=O)c2ccc(C)cc2C(C)(C)C)c1. The third kappa shape index (κ3) is 3.24. The second-order valence-electron chi connectivity index (χ2n) is 6.95. The average molecular weight is 280 g/mol. The molecule has 21 heavy (non-hydrogen) atoms. The van der Waals surface area contributed by atoms with E-state index in [4.69, 9.17) is 0 Å². The highest BCUT2D eigenvalue weighted by molar-refractivity contribution is 6.11. The summed E-state index contributed by atoms with van der Waals surface area (Å²) in [6.07, 6.45) is 0. The molecule has 0 radical (unpaired) electrons. The summed E-state index contributed by atoms with van der Waals surface area (Å²) < 4.78 is 0. The zero-order valence-electron chi connectivity index (χ0n) is 13.9. The van der Waals surface area contributed by atoms with E-state index in [9.17, 15) is 4.79 Å². The second kappa shape index (κ2) is 5.48. The molecule has 1 heteroatoms. The number of rotatable bonds is 2. The summed E-state index contributed by atoms with van der Waals surface area (Å²) in [4.78, 5) is 13.0. The molecule has 0 bridgehead atoms. The summed E-state index contributed by atoms with van der Waals surface area (Å²) in [5.41, 5.74) is 6.05. The van der Waals surface area contributed by atoms with Gasteiger partial charge in [0, 0.05) is 11.1 Å². The Morgan fingerprint density at radius 1 is 0.810 bits per heavy atom. The molecular weight excluding hydrogens is 256 g/mol. The number of hydrogen-bond donors (Lipinski definition) is 0. The van der Waals surface area contributed by atoms with Gasteiger partial charge in [-0.25, -0.2) is 0 Å². The van der Waals surface area contributed by atoms with Crippen LogP contribution in [0, 0.1) is 20.8 Å². The Morgan fingerprint density at radius 2 is 1.38 bits per heavy atom. The molecule has 0 saturated carbocycles. The number of hydrogen-bond acceptors (Lipinski definition) is 1. The van der Waals surface area contributed by atoms with Crippen molar-refractivity contribution in [2.75, 3.05) is 0 Å². The van der Waals surface area contributed by atoms with Crippen LogP contribution in [-0.2, 0) is 5.41 Å². The fraction of sp³-hybridized carbons (Fsp3) is 0.350. The molecule has 0 saturated heterocycles. The molecule has 1 nitrogen and oxygen atoms in total. The smallest absolute Gasteiger partial charge is 0.193 e. The number of ketones is 1. The Labute approximate surface area is 128 Å². The second-order valence-corrected chi connectivity index (χ2v) is 6.95. The molecule has 0 aliphatic rings. The maximum absolute atomic E-state index is 13.0. The van der Waals surface area contributed by atoms with Crippen molar-refractivity contribution in [1.82, 2.24) is 0 Å². The largest absolute Gasteiger partial charge is 0.289 e. The molecule has 0 amide bonds. The quantitative estimate of drug-likeness (QED) is 0.696. The van der Waals surface area contributed by atoms with E-state index in [1.54, 1.807) is 0 Å². The van der Waals surface area contributed by atoms with E-state index in [1.807, 2.05) is 44.2 Å². The molecule has 0 unspecified atom stereocenters. The summed E-state index contributed by atoms with van der Waals surface area (Å²) in [6, 6.07) is 12.2. The van der Waals surface area contributed by atoms with Gasteiger partial charge in [0.25, 0.3) is 0 Å². The summed E-state index contributed by atoms with van der Waals surface area (Å²) in [5, 5.41) is 0. The lowest BCUT2D eigenvalue weighted by Gasteiger charge is -2.23. The molecule has 0 fully saturated rings. The van der Waals surface area contributed by atoms with Crippen molar-refractivity contribution in [3.63, 3.8) is 0 Å². The van der Waals surface area contributed by atoms with Gasteiger partial charge in [-0.15, -0.1) is 0 Å². The molecule has 0 heterocycles. The van der Waals surface area contributed by atoms with E-state index in [1.165, 1.54) is 5.56 Å². The summed E-state index contributed by atoms with van der Waals surface area (Å²) in [7, 11) is 0. The van der Waals surface area contributed by atoms with Gasteiger partial charge < -0.3 is 0 Å². The van der Waals surface area contributed by atoms with Crippen LogP contribution in [0.1, 0.15) is 58.9 Å². The van der Waals surface area contributed by atoms with Crippen LogP contribution in [0.25, 0.3) is 0 Å². The topological polar surface area (TPSA) is 17.1 Å². The van der Waals surface area contributed by atoms with Crippen LogP contribution < -0.4 is 0 Å². The van der Waals surface area contributed by atoms with Gasteiger partial charge in [0.15, 0.2) is 5.78 Å². The molecule has 0 N–H and O–H groups in total. The average Bonchev–Trinajstić information content (AvgIpc) is 2.40. The lowest BCUT2D eigenvalue weighted by Crippen LogP contribution is -2.18. The van der Waals surface area contributed by atoms with Gasteiger partial charge in [0.2, 0.25) is 0 Å². The molecule has 2 aromatic rings. The van der Waals surface area contributed by atoms with Gasteiger partial charge >= 0.3 is 0 Å². The first kappa shape index (κ1) is 15.5. The van der Waals surface area contributed by atoms with Crippen LogP contribution in [0.15, 0.2) is 36.4 Å². The lowest BCUT2D eigenvalue weighted by atomic mass is 9.80. The Bertz CT molecular complexity index is 687. The van der Waals surface area contributed by atoms with Gasteiger partial charge in [0.05, 0.1) is 0 Å². The summed E-state index contributed by atoms with van der Waals surface area (Å²) in [5.74, 6) is 0.126. The summed E-state index contributed by atoms with van der Waals surface area (Å²) in [6.45, 7) is 12.6. The first-order chi connectivity index (χ1) is 9.70. The minimum atomic E-state index is -0.0469. The Kier molecular flexibility index (Phi) is 4.04. The highest BCUT2D eigenvalue weighted by atomic mass is 16.1. The van der Waals surface area contributed by atoms with Crippen LogP contribution in [-0.4, -0.2) is 5.78 Å². The minimum Gasteiger partial charge on any atom is -0.289 e. The van der Waals surface area contributed by atoms with Crippen molar-refractivity contribution >= 4 is 5.78 Å². The molecule has 110 valence electrons. The highest BCUT2D eigenvalue weighted by Crippen LogP contribution is 2.29. The summed E-state index contributed by atoms with van der Waals surface area (Å²) >= 11 is 0. The zero-order valence-corrected chi connectivity index (χ0v) is 13.9. The molecule has 0 aromatic heterocycles. The van der Waals surface area contributed by atoms with Crippen molar-refractivity contribution in [2.24, 2.45) is 0 Å². The Morgan fingerprint density at radius 3 is 2.00 bits per heavy atom. The molecule has 2 aromatic carbocycles. The first-order valence-electron chi connectivity index (χ1n) is 7.43.